The fraction of sp³-hybridized carbons (Fsp3) is 0.900. The molecule has 0 heterocycles. The topological polar surface area (TPSA) is 35.5 Å². The van der Waals surface area contributed by atoms with E-state index in [0.29, 0.717) is 38.5 Å². The maximum Gasteiger partial charge on any atom is 0.437 e. The Bertz CT molecular complexity index is 985. The normalized spacial score (nSPS) is 26.3. The highest BCUT2D eigenvalue weighted by Crippen LogP contribution is 2.61. The zero-order valence-electron chi connectivity index (χ0n) is 26.5. The van der Waals surface area contributed by atoms with E-state index in [1.165, 1.54) is 19.6 Å². The summed E-state index contributed by atoms with van der Waals surface area (Å²) in [5, 5.41) is 0. The second-order valence-electron chi connectivity index (χ2n) is 15.4. The molecule has 2 aliphatic rings. The van der Waals surface area contributed by atoms with Gasteiger partial charge in [-0.2, -0.15) is 26.3 Å². The van der Waals surface area contributed by atoms with Crippen LogP contribution in [0.1, 0.15) is 85.5 Å². The molecule has 2 aliphatic carbocycles. The Morgan fingerprint density at radius 3 is 1.90 bits per heavy atom. The van der Waals surface area contributed by atoms with Crippen LogP contribution in [0.25, 0.3) is 0 Å². The largest absolute Gasteiger partial charge is 0.437 e. The average Bonchev–Trinajstić information content (AvgIpc) is 3.07. The van der Waals surface area contributed by atoms with E-state index in [1.807, 2.05) is 20.8 Å². The third-order valence-corrected chi connectivity index (χ3v) is 10.9. The maximum absolute atomic E-state index is 14.1. The molecule has 0 N–H and O–H groups in total. The molecule has 0 spiro atoms. The Morgan fingerprint density at radius 2 is 1.41 bits per heavy atom. The van der Waals surface area contributed by atoms with Crippen LogP contribution in [0.4, 0.5) is 26.3 Å². The van der Waals surface area contributed by atoms with Crippen LogP contribution in [-0.2, 0) is 13.6 Å². The van der Waals surface area contributed by atoms with Crippen LogP contribution in [0.5, 0.6) is 0 Å². The van der Waals surface area contributed by atoms with Crippen molar-refractivity contribution in [1.29, 1.82) is 0 Å². The van der Waals surface area contributed by atoms with E-state index in [9.17, 15) is 31.1 Å². The lowest BCUT2D eigenvalue weighted by atomic mass is 9.56. The highest BCUT2D eigenvalue weighted by atomic mass is 28.4. The highest BCUT2D eigenvalue weighted by Gasteiger charge is 2.73. The standard InChI is InChI=1S/C30H50F6O3Si2/c1-25(2,38-40(5,6)7)17-12-18-26(3,24-16-15-22-23(37)14-11-20-27(22,24)4)19-13-21-28(29(31,32)33,30(34,35)36)39-41(8,9)10/h22,24H,11-12,14-20H2,1-10H3/t22?,24-,26?,27+/m1/s1. The number of carbonyl (C=O) groups excluding carboxylic acids is 1. The van der Waals surface area contributed by atoms with Crippen molar-refractivity contribution in [3.05, 3.63) is 0 Å². The molecule has 0 radical (unpaired) electrons. The molecule has 0 saturated heterocycles. The molecule has 2 rings (SSSR count). The molecule has 3 nitrogen and oxygen atoms in total. The third-order valence-electron chi connectivity index (χ3n) is 8.83. The monoisotopic (exact) mass is 628 g/mol. The van der Waals surface area contributed by atoms with Crippen LogP contribution in [0.3, 0.4) is 0 Å². The molecular formula is C30H50F6O3Si2. The van der Waals surface area contributed by atoms with E-state index < -0.39 is 45.6 Å². The first-order valence-corrected chi connectivity index (χ1v) is 21.6. The summed E-state index contributed by atoms with van der Waals surface area (Å²) in [4.78, 5) is 12.8. The number of fused-ring (bicyclic) bond motifs is 1. The lowest BCUT2D eigenvalue weighted by Crippen LogP contribution is -2.61. The number of hydrogen-bond donors (Lipinski definition) is 0. The van der Waals surface area contributed by atoms with Gasteiger partial charge in [0.25, 0.3) is 0 Å². The van der Waals surface area contributed by atoms with E-state index in [4.69, 9.17) is 8.85 Å². The van der Waals surface area contributed by atoms with Crippen LogP contribution in [-0.4, -0.2) is 46.0 Å². The molecule has 4 atom stereocenters. The van der Waals surface area contributed by atoms with E-state index in [-0.39, 0.29) is 29.5 Å². The van der Waals surface area contributed by atoms with Crippen molar-refractivity contribution in [1.82, 2.24) is 0 Å². The summed E-state index contributed by atoms with van der Waals surface area (Å²) in [6.07, 6.45) is -6.24. The molecule has 2 saturated carbocycles. The first-order valence-electron chi connectivity index (χ1n) is 14.7. The molecule has 0 aromatic carbocycles. The number of rotatable bonds is 10. The van der Waals surface area contributed by atoms with E-state index in [0.717, 1.165) is 12.8 Å². The number of carbonyl (C=O) groups is 1. The fourth-order valence-electron chi connectivity index (χ4n) is 7.53. The van der Waals surface area contributed by atoms with Gasteiger partial charge in [-0.3, -0.25) is 4.79 Å². The van der Waals surface area contributed by atoms with Crippen LogP contribution < -0.4 is 0 Å². The van der Waals surface area contributed by atoms with Gasteiger partial charge in [0.15, 0.2) is 16.6 Å². The Labute approximate surface area is 245 Å². The first kappa shape index (κ1) is 36.4. The molecule has 0 bridgehead atoms. The van der Waals surface area contributed by atoms with Gasteiger partial charge in [0, 0.05) is 18.8 Å². The van der Waals surface area contributed by atoms with Gasteiger partial charge in [-0.25, -0.2) is 0 Å². The van der Waals surface area contributed by atoms with Gasteiger partial charge in [-0.15, -0.1) is 0 Å². The summed E-state index contributed by atoms with van der Waals surface area (Å²) in [6.45, 7) is 18.2. The molecule has 2 unspecified atom stereocenters. The molecule has 0 aliphatic heterocycles. The van der Waals surface area contributed by atoms with Gasteiger partial charge in [-0.05, 0) is 114 Å². The third kappa shape index (κ3) is 8.63. The minimum absolute atomic E-state index is 0.0522. The SMILES string of the molecule is CC(C)(CCCC(C)(CC#CC(O[Si](C)(C)C)(C(F)(F)F)C(F)(F)F)[C@H]1CCC2C(=O)CCC[C@@]21C)O[Si](C)(C)C. The summed E-state index contributed by atoms with van der Waals surface area (Å²) >= 11 is 0. The van der Waals surface area contributed by atoms with Crippen LogP contribution in [0, 0.1) is 34.5 Å². The van der Waals surface area contributed by atoms with Crippen LogP contribution >= 0.6 is 0 Å². The number of ketones is 1. The van der Waals surface area contributed by atoms with Crippen molar-refractivity contribution in [3.8, 4) is 11.8 Å². The second-order valence-corrected chi connectivity index (χ2v) is 24.2. The molecule has 2 fully saturated rings. The van der Waals surface area contributed by atoms with Crippen molar-refractivity contribution in [2.75, 3.05) is 0 Å². The number of Topliss-reactive ketones (excluding diaryl/α,β-unsaturated/α-hetero) is 1. The van der Waals surface area contributed by atoms with E-state index in [1.54, 1.807) is 5.92 Å². The molecule has 41 heavy (non-hydrogen) atoms. The predicted molar refractivity (Wildman–Crippen MR) is 155 cm³/mol. The quantitative estimate of drug-likeness (QED) is 0.137. The van der Waals surface area contributed by atoms with Gasteiger partial charge < -0.3 is 8.85 Å². The lowest BCUT2D eigenvalue weighted by molar-refractivity contribution is -0.336. The Hall–Kier alpha value is -0.836. The van der Waals surface area contributed by atoms with Crippen molar-refractivity contribution < 1.29 is 40.0 Å². The zero-order chi connectivity index (χ0) is 31.9. The number of halogens is 6. The van der Waals surface area contributed by atoms with Crippen molar-refractivity contribution in [2.45, 2.75) is 148 Å². The van der Waals surface area contributed by atoms with E-state index >= 15 is 0 Å². The van der Waals surface area contributed by atoms with Crippen molar-refractivity contribution >= 4 is 22.4 Å². The minimum Gasteiger partial charge on any atom is -0.413 e. The lowest BCUT2D eigenvalue weighted by Gasteiger charge is -2.48. The second kappa shape index (κ2) is 11.9. The zero-order valence-corrected chi connectivity index (χ0v) is 28.5. The molecular weight excluding hydrogens is 578 g/mol. The van der Waals surface area contributed by atoms with Gasteiger partial charge in [0.1, 0.15) is 5.78 Å². The molecule has 0 amide bonds. The summed E-state index contributed by atoms with van der Waals surface area (Å²) in [6, 6.07) is 0. The molecule has 0 aromatic rings. The maximum atomic E-state index is 14.1. The Kier molecular flexibility index (Phi) is 10.6. The first-order chi connectivity index (χ1) is 18.2. The fourth-order valence-corrected chi connectivity index (χ4v) is 10.5. The Balaban J connectivity index is 2.51. The minimum atomic E-state index is -5.76. The molecule has 11 heteroatoms. The Morgan fingerprint density at radius 1 is 0.878 bits per heavy atom. The van der Waals surface area contributed by atoms with Gasteiger partial charge in [-0.1, -0.05) is 26.2 Å². The molecule has 0 aromatic heterocycles. The summed E-state index contributed by atoms with van der Waals surface area (Å²) < 4.78 is 96.0. The summed E-state index contributed by atoms with van der Waals surface area (Å²) in [5.74, 6) is 4.03. The summed E-state index contributed by atoms with van der Waals surface area (Å²) in [7, 11) is -5.17. The number of alkyl halides is 6. The van der Waals surface area contributed by atoms with Crippen molar-refractivity contribution in [2.24, 2.45) is 22.7 Å². The smallest absolute Gasteiger partial charge is 0.413 e. The molecule has 238 valence electrons. The van der Waals surface area contributed by atoms with Crippen LogP contribution in [0.2, 0.25) is 39.3 Å². The summed E-state index contributed by atoms with van der Waals surface area (Å²) in [5.41, 5.74) is -5.99. The highest BCUT2D eigenvalue weighted by molar-refractivity contribution is 6.70. The predicted octanol–water partition coefficient (Wildman–Crippen LogP) is 9.69. The average molecular weight is 629 g/mol. The van der Waals surface area contributed by atoms with Crippen LogP contribution in [0.15, 0.2) is 0 Å². The number of hydrogen-bond acceptors (Lipinski definition) is 3. The van der Waals surface area contributed by atoms with E-state index in [2.05, 4.69) is 32.5 Å². The van der Waals surface area contributed by atoms with Gasteiger partial charge in [0.2, 0.25) is 0 Å². The van der Waals surface area contributed by atoms with Crippen molar-refractivity contribution in [3.63, 3.8) is 0 Å². The van der Waals surface area contributed by atoms with Gasteiger partial charge in [0.05, 0.1) is 5.60 Å². The van der Waals surface area contributed by atoms with Gasteiger partial charge >= 0.3 is 18.0 Å².